The van der Waals surface area contributed by atoms with Crippen molar-refractivity contribution in [3.05, 3.63) is 28.8 Å². The molecule has 0 radical (unpaired) electrons. The molecule has 1 fully saturated rings. The predicted octanol–water partition coefficient (Wildman–Crippen LogP) is 1.91. The van der Waals surface area contributed by atoms with E-state index in [-0.39, 0.29) is 5.91 Å². The van der Waals surface area contributed by atoms with E-state index in [0.29, 0.717) is 37.0 Å². The van der Waals surface area contributed by atoms with Crippen molar-refractivity contribution in [3.8, 4) is 5.75 Å². The zero-order valence-corrected chi connectivity index (χ0v) is 15.9. The van der Waals surface area contributed by atoms with Gasteiger partial charge in [0.25, 0.3) is 5.91 Å². The Bertz CT molecular complexity index is 726. The molecule has 1 aromatic rings. The van der Waals surface area contributed by atoms with Crippen LogP contribution in [0.4, 0.5) is 0 Å². The van der Waals surface area contributed by atoms with Crippen LogP contribution in [-0.2, 0) is 14.8 Å². The molecule has 134 valence electrons. The highest BCUT2D eigenvalue weighted by Gasteiger charge is 2.36. The number of benzene rings is 1. The molecule has 0 saturated carbocycles. The van der Waals surface area contributed by atoms with Crippen LogP contribution in [0.1, 0.15) is 19.4 Å². The summed E-state index contributed by atoms with van der Waals surface area (Å²) in [5.74, 6) is 0.410. The van der Waals surface area contributed by atoms with Gasteiger partial charge in [0.15, 0.2) is 5.60 Å². The van der Waals surface area contributed by atoms with Crippen molar-refractivity contribution < 1.29 is 17.9 Å². The molecule has 1 saturated heterocycles. The lowest BCUT2D eigenvalue weighted by Gasteiger charge is -2.37. The number of hydrogen-bond acceptors (Lipinski definition) is 4. The molecule has 8 heteroatoms. The van der Waals surface area contributed by atoms with Gasteiger partial charge in [0.05, 0.1) is 6.26 Å². The van der Waals surface area contributed by atoms with Crippen LogP contribution in [-0.4, -0.2) is 61.6 Å². The molecule has 1 heterocycles. The molecular weight excluding hydrogens is 352 g/mol. The van der Waals surface area contributed by atoms with Gasteiger partial charge in [0.1, 0.15) is 5.75 Å². The Morgan fingerprint density at radius 2 is 1.79 bits per heavy atom. The lowest BCUT2D eigenvalue weighted by Crippen LogP contribution is -2.56. The number of nitrogens with zero attached hydrogens (tertiary/aromatic N) is 2. The highest BCUT2D eigenvalue weighted by Crippen LogP contribution is 2.25. The predicted molar refractivity (Wildman–Crippen MR) is 93.9 cm³/mol. The third-order valence-electron chi connectivity index (χ3n) is 4.01. The standard InChI is InChI=1S/C16H23ClN2O4S/c1-12-11-13(5-6-14(12)17)23-16(2,3)15(20)18-7-9-19(10-8-18)24(4,21)22/h5-6,11H,7-10H2,1-4H3. The topological polar surface area (TPSA) is 66.9 Å². The minimum absolute atomic E-state index is 0.164. The van der Waals surface area contributed by atoms with Gasteiger partial charge in [0, 0.05) is 31.2 Å². The quantitative estimate of drug-likeness (QED) is 0.807. The van der Waals surface area contributed by atoms with E-state index < -0.39 is 15.6 Å². The van der Waals surface area contributed by atoms with Crippen LogP contribution < -0.4 is 4.74 Å². The number of ether oxygens (including phenoxy) is 1. The van der Waals surface area contributed by atoms with Crippen LogP contribution in [0, 0.1) is 6.92 Å². The molecule has 1 aliphatic heterocycles. The van der Waals surface area contributed by atoms with Gasteiger partial charge in [-0.25, -0.2) is 8.42 Å². The van der Waals surface area contributed by atoms with Crippen LogP contribution in [0.5, 0.6) is 5.75 Å². The number of piperazine rings is 1. The fourth-order valence-electron chi connectivity index (χ4n) is 2.62. The first-order valence-electron chi connectivity index (χ1n) is 7.70. The van der Waals surface area contributed by atoms with E-state index >= 15 is 0 Å². The Morgan fingerprint density at radius 3 is 2.29 bits per heavy atom. The summed E-state index contributed by atoms with van der Waals surface area (Å²) in [6.07, 6.45) is 1.18. The summed E-state index contributed by atoms with van der Waals surface area (Å²) in [6.45, 7) is 6.62. The second-order valence-electron chi connectivity index (χ2n) is 6.48. The van der Waals surface area contributed by atoms with Crippen LogP contribution in [0.15, 0.2) is 18.2 Å². The van der Waals surface area contributed by atoms with E-state index in [2.05, 4.69) is 0 Å². The summed E-state index contributed by atoms with van der Waals surface area (Å²) < 4.78 is 30.3. The molecule has 0 N–H and O–H groups in total. The number of rotatable bonds is 4. The van der Waals surface area contributed by atoms with E-state index in [1.807, 2.05) is 6.92 Å². The Hall–Kier alpha value is -1.31. The number of halogens is 1. The van der Waals surface area contributed by atoms with E-state index in [0.717, 1.165) is 5.56 Å². The summed E-state index contributed by atoms with van der Waals surface area (Å²) >= 11 is 6.00. The minimum atomic E-state index is -3.22. The summed E-state index contributed by atoms with van der Waals surface area (Å²) in [6, 6.07) is 5.25. The highest BCUT2D eigenvalue weighted by molar-refractivity contribution is 7.88. The van der Waals surface area contributed by atoms with Gasteiger partial charge in [-0.2, -0.15) is 4.31 Å². The molecule has 24 heavy (non-hydrogen) atoms. The number of hydrogen-bond donors (Lipinski definition) is 0. The molecule has 2 rings (SSSR count). The fraction of sp³-hybridized carbons (Fsp3) is 0.562. The molecule has 1 aliphatic rings. The molecule has 0 bridgehead atoms. The van der Waals surface area contributed by atoms with Crippen molar-refractivity contribution in [2.75, 3.05) is 32.4 Å². The smallest absolute Gasteiger partial charge is 0.266 e. The third-order valence-corrected chi connectivity index (χ3v) is 5.74. The second kappa shape index (κ2) is 6.90. The third kappa shape index (κ3) is 4.40. The van der Waals surface area contributed by atoms with Gasteiger partial charge in [-0.05, 0) is 44.5 Å². The molecule has 0 atom stereocenters. The Kier molecular flexibility index (Phi) is 5.47. The summed E-state index contributed by atoms with van der Waals surface area (Å²) in [5.41, 5.74) is -0.174. The molecule has 6 nitrogen and oxygen atoms in total. The van der Waals surface area contributed by atoms with Crippen molar-refractivity contribution in [1.82, 2.24) is 9.21 Å². The van der Waals surface area contributed by atoms with Crippen LogP contribution in [0.25, 0.3) is 0 Å². The SMILES string of the molecule is Cc1cc(OC(C)(C)C(=O)N2CCN(S(C)(=O)=O)CC2)ccc1Cl. The van der Waals surface area contributed by atoms with Gasteiger partial charge < -0.3 is 9.64 Å². The molecule has 0 unspecified atom stereocenters. The average Bonchev–Trinajstić information content (AvgIpc) is 2.49. The normalized spacial score (nSPS) is 17.0. The molecule has 1 amide bonds. The zero-order chi connectivity index (χ0) is 18.1. The number of amides is 1. The monoisotopic (exact) mass is 374 g/mol. The lowest BCUT2D eigenvalue weighted by atomic mass is 10.1. The maximum absolute atomic E-state index is 12.7. The Labute approximate surface area is 148 Å². The van der Waals surface area contributed by atoms with Crippen molar-refractivity contribution >= 4 is 27.5 Å². The summed E-state index contributed by atoms with van der Waals surface area (Å²) in [4.78, 5) is 14.4. The van der Waals surface area contributed by atoms with Gasteiger partial charge in [0.2, 0.25) is 10.0 Å². The van der Waals surface area contributed by atoms with E-state index in [1.165, 1.54) is 10.6 Å². The first-order chi connectivity index (χ1) is 11.0. The van der Waals surface area contributed by atoms with Crippen molar-refractivity contribution in [2.45, 2.75) is 26.4 Å². The number of carbonyl (C=O) groups excluding carboxylic acids is 1. The second-order valence-corrected chi connectivity index (χ2v) is 8.87. The highest BCUT2D eigenvalue weighted by atomic mass is 35.5. The average molecular weight is 375 g/mol. The van der Waals surface area contributed by atoms with Gasteiger partial charge in [-0.3, -0.25) is 4.79 Å². The Balaban J connectivity index is 2.04. The Morgan fingerprint density at radius 1 is 1.21 bits per heavy atom. The first kappa shape index (κ1) is 19.0. The molecular formula is C16H23ClN2O4S. The maximum atomic E-state index is 12.7. The molecule has 0 spiro atoms. The van der Waals surface area contributed by atoms with Crippen molar-refractivity contribution in [1.29, 1.82) is 0 Å². The van der Waals surface area contributed by atoms with Gasteiger partial charge >= 0.3 is 0 Å². The van der Waals surface area contributed by atoms with E-state index in [4.69, 9.17) is 16.3 Å². The minimum Gasteiger partial charge on any atom is -0.478 e. The molecule has 0 aliphatic carbocycles. The number of carbonyl (C=O) groups is 1. The fourth-order valence-corrected chi connectivity index (χ4v) is 3.57. The molecule has 0 aromatic heterocycles. The van der Waals surface area contributed by atoms with Gasteiger partial charge in [-0.1, -0.05) is 11.6 Å². The molecule has 1 aromatic carbocycles. The first-order valence-corrected chi connectivity index (χ1v) is 9.93. The van der Waals surface area contributed by atoms with Crippen LogP contribution >= 0.6 is 11.6 Å². The van der Waals surface area contributed by atoms with Crippen molar-refractivity contribution in [2.24, 2.45) is 0 Å². The number of aryl methyl sites for hydroxylation is 1. The maximum Gasteiger partial charge on any atom is 0.266 e. The number of sulfonamides is 1. The van der Waals surface area contributed by atoms with E-state index in [9.17, 15) is 13.2 Å². The lowest BCUT2D eigenvalue weighted by molar-refractivity contribution is -0.146. The summed E-state index contributed by atoms with van der Waals surface area (Å²) in [7, 11) is -3.22. The van der Waals surface area contributed by atoms with Gasteiger partial charge in [-0.15, -0.1) is 0 Å². The summed E-state index contributed by atoms with van der Waals surface area (Å²) in [5, 5.41) is 0.642. The van der Waals surface area contributed by atoms with Crippen LogP contribution in [0.2, 0.25) is 5.02 Å². The largest absolute Gasteiger partial charge is 0.478 e. The van der Waals surface area contributed by atoms with Crippen molar-refractivity contribution in [3.63, 3.8) is 0 Å². The van der Waals surface area contributed by atoms with Crippen LogP contribution in [0.3, 0.4) is 0 Å². The zero-order valence-electron chi connectivity index (χ0n) is 14.4. The van der Waals surface area contributed by atoms with E-state index in [1.54, 1.807) is 36.9 Å².